The third kappa shape index (κ3) is 2.78. The Morgan fingerprint density at radius 3 is 2.63 bits per heavy atom. The zero-order valence-electron chi connectivity index (χ0n) is 9.57. The summed E-state index contributed by atoms with van der Waals surface area (Å²) in [6.45, 7) is 0. The Balaban J connectivity index is 2.42. The third-order valence-corrected chi connectivity index (χ3v) is 2.19. The molecule has 2 rings (SSSR count). The van der Waals surface area contributed by atoms with Crippen molar-refractivity contribution in [2.45, 2.75) is 6.18 Å². The number of alkyl halides is 3. The first-order chi connectivity index (χ1) is 8.91. The van der Waals surface area contributed by atoms with E-state index in [0.29, 0.717) is 0 Å². The van der Waals surface area contributed by atoms with Crippen molar-refractivity contribution < 1.29 is 22.1 Å². The molecule has 1 aromatic heterocycles. The summed E-state index contributed by atoms with van der Waals surface area (Å²) in [4.78, 5) is 6.85. The lowest BCUT2D eigenvalue weighted by molar-refractivity contribution is -0.159. The molecule has 0 aliphatic carbocycles. The fourth-order valence-electron chi connectivity index (χ4n) is 1.38. The highest BCUT2D eigenvalue weighted by Gasteiger charge is 2.38. The van der Waals surface area contributed by atoms with E-state index in [4.69, 9.17) is 0 Å². The van der Waals surface area contributed by atoms with Gasteiger partial charge in [0.15, 0.2) is 0 Å². The summed E-state index contributed by atoms with van der Waals surface area (Å²) in [6.07, 6.45) is -3.47. The van der Waals surface area contributed by atoms with Gasteiger partial charge in [0, 0.05) is 24.4 Å². The molecule has 0 N–H and O–H groups in total. The lowest BCUT2D eigenvalue weighted by atomic mass is 10.1. The lowest BCUT2D eigenvalue weighted by Crippen LogP contribution is -2.04. The van der Waals surface area contributed by atoms with Gasteiger partial charge in [0.1, 0.15) is 5.82 Å². The molecule has 0 amide bonds. The van der Waals surface area contributed by atoms with Gasteiger partial charge in [-0.15, -0.1) is 0 Å². The van der Waals surface area contributed by atoms with E-state index < -0.39 is 17.9 Å². The number of aromatic nitrogens is 2. The van der Waals surface area contributed by atoms with Crippen molar-refractivity contribution in [2.24, 2.45) is 4.99 Å². The largest absolute Gasteiger partial charge is 0.471 e. The van der Waals surface area contributed by atoms with E-state index in [2.05, 4.69) is 19.7 Å². The number of rotatable bonds is 2. The van der Waals surface area contributed by atoms with Crippen molar-refractivity contribution in [1.82, 2.24) is 10.1 Å². The molecule has 1 aromatic carbocycles. The van der Waals surface area contributed by atoms with Gasteiger partial charge in [-0.1, -0.05) is 5.16 Å². The van der Waals surface area contributed by atoms with Gasteiger partial charge in [0.05, 0.1) is 0 Å². The first-order valence-corrected chi connectivity index (χ1v) is 5.05. The third-order valence-electron chi connectivity index (χ3n) is 2.19. The fraction of sp³-hybridized carbons (Fsp3) is 0.182. The van der Waals surface area contributed by atoms with Crippen molar-refractivity contribution in [3.8, 4) is 11.4 Å². The monoisotopic (exact) mass is 273 g/mol. The van der Waals surface area contributed by atoms with Crippen molar-refractivity contribution in [2.75, 3.05) is 7.05 Å². The highest BCUT2D eigenvalue weighted by atomic mass is 19.4. The van der Waals surface area contributed by atoms with E-state index >= 15 is 0 Å². The molecule has 0 radical (unpaired) electrons. The van der Waals surface area contributed by atoms with Crippen LogP contribution in [0.25, 0.3) is 11.4 Å². The normalized spacial score (nSPS) is 12.3. The van der Waals surface area contributed by atoms with Crippen LogP contribution >= 0.6 is 0 Å². The minimum Gasteiger partial charge on any atom is -0.329 e. The van der Waals surface area contributed by atoms with Crippen LogP contribution < -0.4 is 0 Å². The summed E-state index contributed by atoms with van der Waals surface area (Å²) in [7, 11) is 1.45. The maximum Gasteiger partial charge on any atom is 0.471 e. The molecule has 0 bridgehead atoms. The van der Waals surface area contributed by atoms with Gasteiger partial charge in [-0.25, -0.2) is 4.39 Å². The Hall–Kier alpha value is -2.25. The van der Waals surface area contributed by atoms with Gasteiger partial charge in [0.25, 0.3) is 0 Å². The molecule has 0 saturated carbocycles. The smallest absolute Gasteiger partial charge is 0.329 e. The van der Waals surface area contributed by atoms with E-state index in [0.717, 1.165) is 6.07 Å². The average Bonchev–Trinajstić information content (AvgIpc) is 2.81. The molecule has 0 aliphatic heterocycles. The number of nitrogens with zero attached hydrogens (tertiary/aromatic N) is 3. The predicted octanol–water partition coefficient (Wildman–Crippen LogP) is 2.94. The molecule has 0 unspecified atom stereocenters. The van der Waals surface area contributed by atoms with Crippen LogP contribution in [-0.4, -0.2) is 23.4 Å². The Morgan fingerprint density at radius 1 is 1.32 bits per heavy atom. The Kier molecular flexibility index (Phi) is 3.32. The van der Waals surface area contributed by atoms with E-state index in [1.165, 1.54) is 25.4 Å². The number of hydrogen-bond acceptors (Lipinski definition) is 4. The number of benzene rings is 1. The van der Waals surface area contributed by atoms with Gasteiger partial charge in [0.2, 0.25) is 5.82 Å². The maximum atomic E-state index is 13.3. The summed E-state index contributed by atoms with van der Waals surface area (Å²) < 4.78 is 54.3. The summed E-state index contributed by atoms with van der Waals surface area (Å²) in [5.41, 5.74) is 0.328. The molecule has 1 heterocycles. The molecule has 100 valence electrons. The summed E-state index contributed by atoms with van der Waals surface area (Å²) >= 11 is 0. The number of hydrogen-bond donors (Lipinski definition) is 0. The maximum absolute atomic E-state index is 13.3. The standard InChI is InChI=1S/C11H7F4N3O/c1-16-5-7-4-6(2-3-8(7)12)9-17-10(19-18-9)11(13,14)15/h2-5H,1H3. The molecule has 0 aliphatic rings. The highest BCUT2D eigenvalue weighted by Crippen LogP contribution is 2.29. The van der Waals surface area contributed by atoms with Crippen molar-refractivity contribution >= 4 is 6.21 Å². The summed E-state index contributed by atoms with van der Waals surface area (Å²) in [5.74, 6) is -2.26. The predicted molar refractivity (Wildman–Crippen MR) is 58.2 cm³/mol. The van der Waals surface area contributed by atoms with Crippen LogP contribution in [0.1, 0.15) is 11.5 Å². The minimum atomic E-state index is -4.71. The second-order valence-electron chi connectivity index (χ2n) is 3.54. The Bertz CT molecular complexity index is 619. The van der Waals surface area contributed by atoms with Crippen molar-refractivity contribution in [3.63, 3.8) is 0 Å². The quantitative estimate of drug-likeness (QED) is 0.624. The number of halogens is 4. The van der Waals surface area contributed by atoms with E-state index in [9.17, 15) is 17.6 Å². The van der Waals surface area contributed by atoms with Crippen molar-refractivity contribution in [1.29, 1.82) is 0 Å². The van der Waals surface area contributed by atoms with Gasteiger partial charge >= 0.3 is 12.1 Å². The Labute approximate surface area is 104 Å². The molecule has 2 aromatic rings. The molecule has 8 heteroatoms. The molecule has 0 spiro atoms. The zero-order chi connectivity index (χ0) is 14.0. The Morgan fingerprint density at radius 2 is 2.05 bits per heavy atom. The average molecular weight is 273 g/mol. The van der Waals surface area contributed by atoms with E-state index in [1.54, 1.807) is 0 Å². The van der Waals surface area contributed by atoms with Crippen LogP contribution in [0.5, 0.6) is 0 Å². The molecule has 19 heavy (non-hydrogen) atoms. The first-order valence-electron chi connectivity index (χ1n) is 5.05. The van der Waals surface area contributed by atoms with Crippen LogP contribution in [0.4, 0.5) is 17.6 Å². The molecule has 0 atom stereocenters. The van der Waals surface area contributed by atoms with Crippen LogP contribution in [0.3, 0.4) is 0 Å². The SMILES string of the molecule is CN=Cc1cc(-c2noc(C(F)(F)F)n2)ccc1F. The molecular formula is C11H7F4N3O. The van der Waals surface area contributed by atoms with Crippen LogP contribution in [0.2, 0.25) is 0 Å². The van der Waals surface area contributed by atoms with Crippen LogP contribution in [0.15, 0.2) is 27.7 Å². The highest BCUT2D eigenvalue weighted by molar-refractivity contribution is 5.82. The second-order valence-corrected chi connectivity index (χ2v) is 3.54. The van der Waals surface area contributed by atoms with Gasteiger partial charge in [-0.3, -0.25) is 4.99 Å². The second kappa shape index (κ2) is 4.79. The topological polar surface area (TPSA) is 51.3 Å². The van der Waals surface area contributed by atoms with Crippen molar-refractivity contribution in [3.05, 3.63) is 35.5 Å². The number of aliphatic imine (C=N–C) groups is 1. The molecule has 4 nitrogen and oxygen atoms in total. The van der Waals surface area contributed by atoms with Crippen LogP contribution in [-0.2, 0) is 6.18 Å². The molecule has 0 fully saturated rings. The van der Waals surface area contributed by atoms with Gasteiger partial charge < -0.3 is 4.52 Å². The molecular weight excluding hydrogens is 266 g/mol. The zero-order valence-corrected chi connectivity index (χ0v) is 9.57. The first kappa shape index (κ1) is 13.2. The lowest BCUT2D eigenvalue weighted by Gasteiger charge is -1.99. The van der Waals surface area contributed by atoms with Gasteiger partial charge in [-0.2, -0.15) is 18.2 Å². The van der Waals surface area contributed by atoms with E-state index in [1.807, 2.05) is 0 Å². The van der Waals surface area contributed by atoms with E-state index in [-0.39, 0.29) is 17.0 Å². The van der Waals surface area contributed by atoms with Crippen LogP contribution in [0, 0.1) is 5.82 Å². The summed E-state index contributed by atoms with van der Waals surface area (Å²) in [5, 5.41) is 3.21. The fourth-order valence-corrected chi connectivity index (χ4v) is 1.38. The van der Waals surface area contributed by atoms with Gasteiger partial charge in [-0.05, 0) is 18.2 Å². The molecule has 0 saturated heterocycles. The minimum absolute atomic E-state index is 0.123. The summed E-state index contributed by atoms with van der Waals surface area (Å²) in [6, 6.07) is 3.64.